The zero-order valence-electron chi connectivity index (χ0n) is 27.7. The molecule has 14 unspecified atom stereocenters. The number of phenols is 1. The van der Waals surface area contributed by atoms with E-state index in [1.54, 1.807) is 18.2 Å². The average molecular weight is 633 g/mol. The van der Waals surface area contributed by atoms with E-state index < -0.39 is 45.6 Å². The standard InChI is InChI=1S/C39H52O7/c1-21(2)22(3)33-34(46-33)38(44)13-6-8-24-20-36-14-11-26-32(43)29(42)18-27(35(26,36)4)28(41)19-31(36)39(45)16-12-30(38)37(24,39)15-10-23-7-5-9-25(40)17-23/h5-9,17,19,21-22,24,26-27,29-30,32-34,40,42-45H,10-16,18,20H2,1-4H3. The molecule has 14 atom stereocenters. The van der Waals surface area contributed by atoms with Crippen LogP contribution in [0.25, 0.3) is 0 Å². The first-order valence-corrected chi connectivity index (χ1v) is 17.9. The highest BCUT2D eigenvalue weighted by Crippen LogP contribution is 2.80. The number of allylic oxidation sites excluding steroid dienone is 2. The smallest absolute Gasteiger partial charge is 0.159 e. The maximum atomic E-state index is 14.2. The fourth-order valence-corrected chi connectivity index (χ4v) is 12.9. The lowest BCUT2D eigenvalue weighted by Gasteiger charge is -2.68. The fourth-order valence-electron chi connectivity index (χ4n) is 12.9. The minimum Gasteiger partial charge on any atom is -0.508 e. The first-order valence-electron chi connectivity index (χ1n) is 17.9. The Morgan fingerprint density at radius 2 is 1.87 bits per heavy atom. The summed E-state index contributed by atoms with van der Waals surface area (Å²) in [6, 6.07) is 7.32. The second-order valence-electron chi connectivity index (χ2n) is 17.0. The third-order valence-corrected chi connectivity index (χ3v) is 15.4. The molecule has 1 aromatic carbocycles. The molecule has 0 aromatic heterocycles. The van der Waals surface area contributed by atoms with Crippen molar-refractivity contribution >= 4 is 5.78 Å². The summed E-state index contributed by atoms with van der Waals surface area (Å²) in [5, 5.41) is 59.0. The number of aryl methyl sites for hydroxylation is 1. The molecule has 4 saturated carbocycles. The molecule has 5 N–H and O–H groups in total. The van der Waals surface area contributed by atoms with Crippen LogP contribution in [0.5, 0.6) is 5.75 Å². The van der Waals surface area contributed by atoms with Crippen molar-refractivity contribution in [2.45, 2.75) is 121 Å². The zero-order valence-corrected chi connectivity index (χ0v) is 27.7. The summed E-state index contributed by atoms with van der Waals surface area (Å²) in [5.41, 5.74) is -2.53. The van der Waals surface area contributed by atoms with Crippen molar-refractivity contribution in [3.05, 3.63) is 53.6 Å². The summed E-state index contributed by atoms with van der Waals surface area (Å²) in [7, 11) is 0. The molecule has 7 aliphatic rings. The van der Waals surface area contributed by atoms with Gasteiger partial charge in [-0.2, -0.15) is 0 Å². The largest absolute Gasteiger partial charge is 0.508 e. The predicted molar refractivity (Wildman–Crippen MR) is 172 cm³/mol. The van der Waals surface area contributed by atoms with Crippen LogP contribution in [0.1, 0.15) is 84.6 Å². The molecule has 1 saturated heterocycles. The number of aliphatic hydroxyl groups excluding tert-OH is 2. The number of ether oxygens (including phenoxy) is 1. The summed E-state index contributed by atoms with van der Waals surface area (Å²) in [4.78, 5) is 14.2. The van der Waals surface area contributed by atoms with Gasteiger partial charge in [0.1, 0.15) is 17.5 Å². The van der Waals surface area contributed by atoms with Gasteiger partial charge < -0.3 is 30.3 Å². The van der Waals surface area contributed by atoms with Gasteiger partial charge in [-0.05, 0) is 116 Å². The Kier molecular flexibility index (Phi) is 6.80. The third-order valence-electron chi connectivity index (χ3n) is 15.4. The summed E-state index contributed by atoms with van der Waals surface area (Å²) in [6.45, 7) is 8.75. The molecule has 1 aliphatic heterocycles. The first kappa shape index (κ1) is 31.3. The number of fused-ring (bicyclic) bond motifs is 1. The number of aliphatic hydroxyl groups is 4. The lowest BCUT2D eigenvalue weighted by atomic mass is 9.37. The lowest BCUT2D eigenvalue weighted by Crippen LogP contribution is -2.69. The van der Waals surface area contributed by atoms with Gasteiger partial charge in [-0.1, -0.05) is 52.0 Å². The number of ketones is 1. The van der Waals surface area contributed by atoms with Crippen LogP contribution in [0.2, 0.25) is 0 Å². The maximum Gasteiger partial charge on any atom is 0.159 e. The molecule has 7 heteroatoms. The van der Waals surface area contributed by atoms with E-state index in [1.165, 1.54) is 0 Å². The van der Waals surface area contributed by atoms with E-state index in [-0.39, 0.29) is 53.8 Å². The second-order valence-corrected chi connectivity index (χ2v) is 17.0. The van der Waals surface area contributed by atoms with Crippen LogP contribution in [0.15, 0.2) is 48.1 Å². The highest BCUT2D eigenvalue weighted by atomic mass is 16.6. The lowest BCUT2D eigenvalue weighted by molar-refractivity contribution is -0.205. The number of aromatic hydroxyl groups is 1. The van der Waals surface area contributed by atoms with E-state index in [9.17, 15) is 30.3 Å². The maximum absolute atomic E-state index is 14.2. The van der Waals surface area contributed by atoms with Crippen molar-refractivity contribution in [1.82, 2.24) is 0 Å². The molecule has 250 valence electrons. The van der Waals surface area contributed by atoms with E-state index in [4.69, 9.17) is 4.74 Å². The number of epoxide rings is 1. The van der Waals surface area contributed by atoms with Crippen LogP contribution >= 0.6 is 0 Å². The molecule has 8 rings (SSSR count). The fraction of sp³-hybridized carbons (Fsp3) is 0.718. The molecule has 1 aromatic rings. The summed E-state index contributed by atoms with van der Waals surface area (Å²) >= 11 is 0. The Hall–Kier alpha value is -2.03. The van der Waals surface area contributed by atoms with Gasteiger partial charge in [-0.25, -0.2) is 0 Å². The number of benzene rings is 1. The van der Waals surface area contributed by atoms with Crippen molar-refractivity contribution in [2.24, 2.45) is 51.8 Å². The summed E-state index contributed by atoms with van der Waals surface area (Å²) in [5.74, 6) is -0.0803. The molecule has 1 spiro atoms. The van der Waals surface area contributed by atoms with Crippen molar-refractivity contribution in [3.63, 3.8) is 0 Å². The van der Waals surface area contributed by atoms with Gasteiger partial charge in [0.05, 0.1) is 23.9 Å². The Labute approximate surface area is 272 Å². The SMILES string of the molecule is CC(C)C(C)C1OC1C1(O)CC=CC2CC34CCC5C(O)C(O)CC(C(=O)C=C3C3(O)CCC1C23CCc1cccc(O)c1)C54C. The van der Waals surface area contributed by atoms with Crippen LogP contribution < -0.4 is 0 Å². The first-order chi connectivity index (χ1) is 21.7. The van der Waals surface area contributed by atoms with Gasteiger partial charge in [0, 0.05) is 22.7 Å². The number of carbonyl (C=O) groups excluding carboxylic acids is 1. The van der Waals surface area contributed by atoms with Crippen LogP contribution in [0.4, 0.5) is 0 Å². The molecule has 0 amide bonds. The van der Waals surface area contributed by atoms with Crippen molar-refractivity contribution in [3.8, 4) is 5.75 Å². The van der Waals surface area contributed by atoms with Gasteiger partial charge in [0.15, 0.2) is 5.78 Å². The van der Waals surface area contributed by atoms with Crippen molar-refractivity contribution < 1.29 is 35.1 Å². The highest BCUT2D eigenvalue weighted by Gasteiger charge is 2.80. The normalized spacial score (nSPS) is 50.8. The molecule has 0 bridgehead atoms. The molecule has 46 heavy (non-hydrogen) atoms. The highest BCUT2D eigenvalue weighted by molar-refractivity contribution is 5.95. The van der Waals surface area contributed by atoms with Crippen LogP contribution in [0.3, 0.4) is 0 Å². The van der Waals surface area contributed by atoms with E-state index in [0.29, 0.717) is 44.4 Å². The summed E-state index contributed by atoms with van der Waals surface area (Å²) < 4.78 is 6.39. The van der Waals surface area contributed by atoms with Gasteiger partial charge in [-0.3, -0.25) is 4.79 Å². The monoisotopic (exact) mass is 632 g/mol. The molecular formula is C39H52O7. The zero-order chi connectivity index (χ0) is 32.6. The molecule has 1 heterocycles. The van der Waals surface area contributed by atoms with Gasteiger partial charge in [0.25, 0.3) is 0 Å². The third kappa shape index (κ3) is 3.70. The molecule has 7 nitrogen and oxygen atoms in total. The second kappa shape index (κ2) is 10.0. The Morgan fingerprint density at radius 1 is 1.09 bits per heavy atom. The quantitative estimate of drug-likeness (QED) is 0.223. The van der Waals surface area contributed by atoms with Crippen LogP contribution in [-0.2, 0) is 16.0 Å². The minimum atomic E-state index is -1.34. The molecular weight excluding hydrogens is 580 g/mol. The number of phenolic OH excluding ortho intramolecular Hbond substituents is 1. The van der Waals surface area contributed by atoms with Crippen LogP contribution in [-0.4, -0.2) is 66.9 Å². The Balaban J connectivity index is 1.29. The average Bonchev–Trinajstić information content (AvgIpc) is 3.70. The van der Waals surface area contributed by atoms with E-state index in [1.807, 2.05) is 12.1 Å². The molecule has 6 aliphatic carbocycles. The molecule has 0 radical (unpaired) electrons. The van der Waals surface area contributed by atoms with Crippen molar-refractivity contribution in [2.75, 3.05) is 0 Å². The van der Waals surface area contributed by atoms with Gasteiger partial charge >= 0.3 is 0 Å². The van der Waals surface area contributed by atoms with E-state index in [0.717, 1.165) is 24.0 Å². The minimum absolute atomic E-state index is 0.0393. The number of hydrogen-bond donors (Lipinski definition) is 5. The predicted octanol–water partition coefficient (Wildman–Crippen LogP) is 4.88. The van der Waals surface area contributed by atoms with E-state index in [2.05, 4.69) is 39.8 Å². The number of hydrogen-bond acceptors (Lipinski definition) is 7. The Morgan fingerprint density at radius 3 is 2.61 bits per heavy atom. The molecule has 5 fully saturated rings. The Bertz CT molecular complexity index is 1500. The topological polar surface area (TPSA) is 131 Å². The van der Waals surface area contributed by atoms with Gasteiger partial charge in [-0.15, -0.1) is 0 Å². The number of carbonyl (C=O) groups is 1. The van der Waals surface area contributed by atoms with E-state index >= 15 is 0 Å². The summed E-state index contributed by atoms with van der Waals surface area (Å²) in [6.07, 6.45) is 9.22. The number of rotatable bonds is 6. The van der Waals surface area contributed by atoms with Gasteiger partial charge in [0.2, 0.25) is 0 Å². The van der Waals surface area contributed by atoms with Crippen LogP contribution in [0, 0.1) is 51.8 Å². The van der Waals surface area contributed by atoms with Crippen molar-refractivity contribution in [1.29, 1.82) is 0 Å².